The summed E-state index contributed by atoms with van der Waals surface area (Å²) in [6, 6.07) is 15.5. The number of hydrogen-bond donors (Lipinski definition) is 0. The quantitative estimate of drug-likeness (QED) is 0.669. The van der Waals surface area contributed by atoms with Gasteiger partial charge in [0.25, 0.3) is 0 Å². The van der Waals surface area contributed by atoms with Crippen molar-refractivity contribution in [1.82, 2.24) is 0 Å². The molecular weight excluding hydrogens is 252 g/mol. The molecule has 0 bridgehead atoms. The van der Waals surface area contributed by atoms with Crippen LogP contribution in [-0.4, -0.2) is 0 Å². The van der Waals surface area contributed by atoms with Crippen molar-refractivity contribution in [2.45, 2.75) is 26.7 Å². The number of aryl methyl sites for hydroxylation is 3. The third kappa shape index (κ3) is 2.15. The van der Waals surface area contributed by atoms with Crippen molar-refractivity contribution >= 4 is 11.1 Å². The molecule has 0 spiro atoms. The summed E-state index contributed by atoms with van der Waals surface area (Å²) in [5.41, 5.74) is 10.8. The smallest absolute Gasteiger partial charge is 0.0470 e. The maximum Gasteiger partial charge on any atom is 0.0470 e. The van der Waals surface area contributed by atoms with Crippen LogP contribution in [0.4, 0.5) is 0 Å². The van der Waals surface area contributed by atoms with Crippen LogP contribution < -0.4 is 0 Å². The Morgan fingerprint density at radius 3 is 2.48 bits per heavy atom. The van der Waals surface area contributed by atoms with Crippen LogP contribution in [0.3, 0.4) is 0 Å². The summed E-state index contributed by atoms with van der Waals surface area (Å²) in [5.74, 6) is 0. The van der Waals surface area contributed by atoms with E-state index in [1.807, 2.05) is 0 Å². The molecule has 0 amide bonds. The molecule has 21 heavy (non-hydrogen) atoms. The van der Waals surface area contributed by atoms with Gasteiger partial charge in [0.1, 0.15) is 0 Å². The van der Waals surface area contributed by atoms with Gasteiger partial charge >= 0.3 is 0 Å². The fourth-order valence-electron chi connectivity index (χ4n) is 3.48. The van der Waals surface area contributed by atoms with Gasteiger partial charge in [-0.2, -0.15) is 0 Å². The average molecular weight is 270 g/mol. The average Bonchev–Trinajstić information content (AvgIpc) is 2.91. The third-order valence-electron chi connectivity index (χ3n) is 4.38. The molecule has 0 heterocycles. The molecule has 0 atom stereocenters. The predicted molar refractivity (Wildman–Crippen MR) is 88.8 cm³/mol. The molecule has 2 radical (unpaired) electrons. The molecule has 0 aromatic heterocycles. The van der Waals surface area contributed by atoms with Gasteiger partial charge in [0.05, 0.1) is 0 Å². The van der Waals surface area contributed by atoms with Crippen LogP contribution in [0, 0.1) is 20.3 Å². The predicted octanol–water partition coefficient (Wildman–Crippen LogP) is 5.18. The van der Waals surface area contributed by atoms with Gasteiger partial charge < -0.3 is 0 Å². The lowest BCUT2D eigenvalue weighted by Gasteiger charge is -2.17. The van der Waals surface area contributed by atoms with E-state index in [4.69, 9.17) is 0 Å². The van der Waals surface area contributed by atoms with Gasteiger partial charge in [-0.25, -0.2) is 0 Å². The highest BCUT2D eigenvalue weighted by molar-refractivity contribution is 5.98. The minimum atomic E-state index is 1.11. The molecule has 0 fully saturated rings. The fourth-order valence-corrected chi connectivity index (χ4v) is 3.48. The molecule has 4 rings (SSSR count). The Bertz CT molecular complexity index is 767. The lowest BCUT2D eigenvalue weighted by atomic mass is 9.87. The van der Waals surface area contributed by atoms with Crippen LogP contribution in [0.1, 0.15) is 34.2 Å². The van der Waals surface area contributed by atoms with E-state index in [-0.39, 0.29) is 0 Å². The van der Waals surface area contributed by atoms with Gasteiger partial charge in [-0.1, -0.05) is 53.6 Å². The second kappa shape index (κ2) is 4.73. The molecule has 102 valence electrons. The first-order valence-corrected chi connectivity index (χ1v) is 7.59. The molecule has 0 N–H and O–H groups in total. The molecule has 0 saturated heterocycles. The Morgan fingerprint density at radius 1 is 0.905 bits per heavy atom. The van der Waals surface area contributed by atoms with Crippen LogP contribution in [0.2, 0.25) is 0 Å². The van der Waals surface area contributed by atoms with Crippen molar-refractivity contribution < 1.29 is 0 Å². The van der Waals surface area contributed by atoms with E-state index in [0.29, 0.717) is 0 Å². The first kappa shape index (κ1) is 12.6. The van der Waals surface area contributed by atoms with Crippen LogP contribution in [0.15, 0.2) is 54.1 Å². The Kier molecular flexibility index (Phi) is 2.85. The SMILES string of the molecule is Cc1cc(C)cc(C2=CC3=C([C]2)CCc2ccccc23)c1. The normalized spacial score (nSPS) is 16.6. The minimum Gasteiger partial charge on any atom is -0.0620 e. The standard InChI is InChI=1S/C21H18/c1-14-9-15(2)11-18(10-14)19-12-17-8-7-16-5-3-4-6-20(16)21(17)13-19/h3-6,9-11,13H,7-8H2,1-2H3. The summed E-state index contributed by atoms with van der Waals surface area (Å²) < 4.78 is 0. The Hall–Kier alpha value is -2.08. The monoisotopic (exact) mass is 270 g/mol. The highest BCUT2D eigenvalue weighted by Crippen LogP contribution is 2.42. The molecule has 0 nitrogen and oxygen atoms in total. The highest BCUT2D eigenvalue weighted by Gasteiger charge is 2.24. The number of fused-ring (bicyclic) bond motifs is 2. The van der Waals surface area contributed by atoms with Gasteiger partial charge in [-0.3, -0.25) is 0 Å². The van der Waals surface area contributed by atoms with Crippen molar-refractivity contribution in [3.05, 3.63) is 88.4 Å². The number of benzene rings is 2. The second-order valence-corrected chi connectivity index (χ2v) is 6.11. The van der Waals surface area contributed by atoms with Gasteiger partial charge in [-0.05, 0) is 66.2 Å². The summed E-state index contributed by atoms with van der Waals surface area (Å²) in [6.07, 6.45) is 8.21. The fraction of sp³-hybridized carbons (Fsp3) is 0.190. The molecule has 0 aliphatic heterocycles. The van der Waals surface area contributed by atoms with E-state index in [0.717, 1.165) is 12.8 Å². The summed E-state index contributed by atoms with van der Waals surface area (Å²) in [5, 5.41) is 0. The molecule has 0 saturated carbocycles. The van der Waals surface area contributed by atoms with E-state index >= 15 is 0 Å². The summed E-state index contributed by atoms with van der Waals surface area (Å²) in [7, 11) is 0. The van der Waals surface area contributed by atoms with Crippen LogP contribution in [0.25, 0.3) is 11.1 Å². The van der Waals surface area contributed by atoms with Gasteiger partial charge in [0, 0.05) is 6.42 Å². The Morgan fingerprint density at radius 2 is 1.67 bits per heavy atom. The molecule has 2 aliphatic carbocycles. The van der Waals surface area contributed by atoms with Gasteiger partial charge in [0.15, 0.2) is 0 Å². The van der Waals surface area contributed by atoms with Crippen molar-refractivity contribution in [2.75, 3.05) is 0 Å². The van der Waals surface area contributed by atoms with E-state index in [2.05, 4.69) is 68.8 Å². The molecule has 2 aliphatic rings. The Labute approximate surface area is 126 Å². The lowest BCUT2D eigenvalue weighted by molar-refractivity contribution is 0.938. The first-order valence-electron chi connectivity index (χ1n) is 7.59. The topological polar surface area (TPSA) is 0 Å². The number of allylic oxidation sites excluding steroid dienone is 4. The third-order valence-corrected chi connectivity index (χ3v) is 4.38. The number of rotatable bonds is 1. The summed E-state index contributed by atoms with van der Waals surface area (Å²) in [6.45, 7) is 4.32. The molecule has 2 aromatic rings. The Balaban J connectivity index is 1.77. The van der Waals surface area contributed by atoms with Crippen LogP contribution in [0.5, 0.6) is 0 Å². The minimum absolute atomic E-state index is 1.11. The number of hydrogen-bond acceptors (Lipinski definition) is 0. The van der Waals surface area contributed by atoms with Crippen molar-refractivity contribution in [3.8, 4) is 0 Å². The van der Waals surface area contributed by atoms with Crippen molar-refractivity contribution in [1.29, 1.82) is 0 Å². The second-order valence-electron chi connectivity index (χ2n) is 6.11. The van der Waals surface area contributed by atoms with Crippen molar-refractivity contribution in [3.63, 3.8) is 0 Å². The maximum absolute atomic E-state index is 3.65. The highest BCUT2D eigenvalue weighted by atomic mass is 14.3. The largest absolute Gasteiger partial charge is 0.0620 e. The molecule has 0 unspecified atom stereocenters. The molecule has 0 heteroatoms. The maximum atomic E-state index is 3.65. The van der Waals surface area contributed by atoms with E-state index in [1.54, 1.807) is 0 Å². The molecule has 2 aromatic carbocycles. The summed E-state index contributed by atoms with van der Waals surface area (Å²) in [4.78, 5) is 0. The van der Waals surface area contributed by atoms with Crippen LogP contribution >= 0.6 is 0 Å². The van der Waals surface area contributed by atoms with E-state index in [9.17, 15) is 0 Å². The zero-order valence-corrected chi connectivity index (χ0v) is 12.5. The first-order chi connectivity index (χ1) is 10.2. The zero-order valence-electron chi connectivity index (χ0n) is 12.5. The lowest BCUT2D eigenvalue weighted by Crippen LogP contribution is -2.01. The zero-order chi connectivity index (χ0) is 14.4. The molecular formula is C21H18. The summed E-state index contributed by atoms with van der Waals surface area (Å²) >= 11 is 0. The van der Waals surface area contributed by atoms with Crippen LogP contribution in [-0.2, 0) is 6.42 Å². The van der Waals surface area contributed by atoms with E-state index in [1.165, 1.54) is 44.5 Å². The van der Waals surface area contributed by atoms with Gasteiger partial charge in [-0.15, -0.1) is 0 Å². The van der Waals surface area contributed by atoms with Crippen molar-refractivity contribution in [2.24, 2.45) is 0 Å². The van der Waals surface area contributed by atoms with E-state index < -0.39 is 0 Å². The van der Waals surface area contributed by atoms with Gasteiger partial charge in [0.2, 0.25) is 0 Å².